The molecule has 146 valence electrons. The summed E-state index contributed by atoms with van der Waals surface area (Å²) in [4.78, 5) is 36.4. The minimum absolute atomic E-state index is 0.0164. The molecular weight excluding hydrogens is 366 g/mol. The van der Waals surface area contributed by atoms with Crippen LogP contribution in [-0.2, 0) is 15.0 Å². The summed E-state index contributed by atoms with van der Waals surface area (Å²) in [5.74, 6) is -2.80. The molecule has 0 fully saturated rings. The van der Waals surface area contributed by atoms with E-state index >= 15 is 0 Å². The number of allylic oxidation sites excluding steroid dienone is 2. The van der Waals surface area contributed by atoms with E-state index in [1.807, 2.05) is 6.07 Å². The number of nitrogens with zero attached hydrogens (tertiary/aromatic N) is 3. The van der Waals surface area contributed by atoms with Crippen molar-refractivity contribution in [3.8, 4) is 6.07 Å². The predicted octanol–water partition coefficient (Wildman–Crippen LogP) is 2.80. The van der Waals surface area contributed by atoms with Crippen molar-refractivity contribution in [1.29, 1.82) is 5.26 Å². The smallest absolute Gasteiger partial charge is 0.335 e. The van der Waals surface area contributed by atoms with Gasteiger partial charge in [-0.25, -0.2) is 9.59 Å². The summed E-state index contributed by atoms with van der Waals surface area (Å²) in [5.41, 5.74) is -2.44. The number of nitro benzene ring substituents is 1. The van der Waals surface area contributed by atoms with Gasteiger partial charge in [0.25, 0.3) is 5.69 Å². The molecule has 0 aromatic heterocycles. The van der Waals surface area contributed by atoms with Crippen molar-refractivity contribution in [3.63, 3.8) is 0 Å². The topological polar surface area (TPSA) is 145 Å². The van der Waals surface area contributed by atoms with Crippen LogP contribution in [-0.4, -0.2) is 38.5 Å². The number of aliphatic carboxylic acids is 2. The Labute approximate surface area is 161 Å². The van der Waals surface area contributed by atoms with E-state index < -0.39 is 27.9 Å². The van der Waals surface area contributed by atoms with E-state index in [2.05, 4.69) is 0 Å². The summed E-state index contributed by atoms with van der Waals surface area (Å²) in [5, 5.41) is 40.8. The van der Waals surface area contributed by atoms with Crippen molar-refractivity contribution in [3.05, 3.63) is 62.5 Å². The number of carbonyl (C=O) groups is 2. The van der Waals surface area contributed by atoms with Gasteiger partial charge < -0.3 is 15.1 Å². The average molecular weight is 385 g/mol. The number of rotatable bonds is 6. The van der Waals surface area contributed by atoms with Crippen LogP contribution < -0.4 is 0 Å². The monoisotopic (exact) mass is 385 g/mol. The number of hydrogen-bond donors (Lipinski definition) is 2. The van der Waals surface area contributed by atoms with Crippen LogP contribution in [0.15, 0.2) is 46.8 Å². The van der Waals surface area contributed by atoms with Crippen LogP contribution in [0.1, 0.15) is 32.8 Å². The Kier molecular flexibility index (Phi) is 5.54. The molecule has 2 N–H and O–H groups in total. The summed E-state index contributed by atoms with van der Waals surface area (Å²) in [6.45, 7) is 4.96. The zero-order valence-electron chi connectivity index (χ0n) is 15.6. The molecule has 0 aliphatic carbocycles. The first-order valence-corrected chi connectivity index (χ1v) is 8.52. The number of carboxylic acid groups (broad SMARTS) is 2. The van der Waals surface area contributed by atoms with Gasteiger partial charge in [-0.3, -0.25) is 10.1 Å². The second kappa shape index (κ2) is 7.52. The molecule has 1 aliphatic rings. The lowest BCUT2D eigenvalue weighted by molar-refractivity contribution is -0.385. The van der Waals surface area contributed by atoms with Gasteiger partial charge in [0.05, 0.1) is 21.5 Å². The van der Waals surface area contributed by atoms with Crippen molar-refractivity contribution in [2.45, 2.75) is 32.6 Å². The maximum absolute atomic E-state index is 12.2. The Morgan fingerprint density at radius 1 is 1.25 bits per heavy atom. The molecule has 1 unspecified atom stereocenters. The van der Waals surface area contributed by atoms with Gasteiger partial charge >= 0.3 is 11.9 Å². The number of nitro groups is 1. The first-order chi connectivity index (χ1) is 13.2. The summed E-state index contributed by atoms with van der Waals surface area (Å²) >= 11 is 0. The molecule has 0 bridgehead atoms. The Bertz CT molecular complexity index is 972. The van der Waals surface area contributed by atoms with Crippen LogP contribution in [0.5, 0.6) is 0 Å². The van der Waals surface area contributed by atoms with Crippen LogP contribution in [0.2, 0.25) is 0 Å². The van der Waals surface area contributed by atoms with E-state index in [0.717, 1.165) is 0 Å². The van der Waals surface area contributed by atoms with E-state index in [4.69, 9.17) is 0 Å². The van der Waals surface area contributed by atoms with Gasteiger partial charge in [-0.2, -0.15) is 5.26 Å². The minimum Gasteiger partial charge on any atom is -0.478 e. The molecule has 0 amide bonds. The van der Waals surface area contributed by atoms with Gasteiger partial charge in [-0.1, -0.05) is 19.1 Å². The van der Waals surface area contributed by atoms with E-state index in [9.17, 15) is 35.2 Å². The highest BCUT2D eigenvalue weighted by molar-refractivity contribution is 6.01. The molecule has 1 aliphatic heterocycles. The number of non-ortho nitro benzene ring substituents is 1. The van der Waals surface area contributed by atoms with Gasteiger partial charge in [0, 0.05) is 24.4 Å². The highest BCUT2D eigenvalue weighted by Gasteiger charge is 2.52. The first kappa shape index (κ1) is 20.6. The third-order valence-corrected chi connectivity index (χ3v) is 5.06. The van der Waals surface area contributed by atoms with Gasteiger partial charge in [-0.15, -0.1) is 0 Å². The summed E-state index contributed by atoms with van der Waals surface area (Å²) in [6.07, 6.45) is -0.0164. The van der Waals surface area contributed by atoms with Gasteiger partial charge in [0.2, 0.25) is 0 Å². The molecule has 0 radical (unpaired) electrons. The lowest BCUT2D eigenvalue weighted by atomic mass is 9.63. The number of benzene rings is 1. The number of hydrogen-bond acceptors (Lipinski definition) is 6. The Hall–Kier alpha value is -3.67. The molecule has 1 aromatic rings. The van der Waals surface area contributed by atoms with Crippen LogP contribution in [0, 0.1) is 21.4 Å². The van der Waals surface area contributed by atoms with E-state index in [1.54, 1.807) is 13.8 Å². The minimum atomic E-state index is -1.72. The SMILES string of the molecule is CCN1C(C)=C(C(=O)O)C(CC)(c2cccc([N+](=O)[O-])c2)C(C(=O)O)=C1C#N. The fraction of sp³-hybridized carbons (Fsp3) is 0.316. The second-order valence-corrected chi connectivity index (χ2v) is 6.22. The number of carboxylic acids is 2. The fourth-order valence-corrected chi connectivity index (χ4v) is 3.94. The molecule has 1 aromatic carbocycles. The molecule has 1 atom stereocenters. The van der Waals surface area contributed by atoms with E-state index in [1.165, 1.54) is 36.1 Å². The van der Waals surface area contributed by atoms with E-state index in [0.29, 0.717) is 0 Å². The fourth-order valence-electron chi connectivity index (χ4n) is 3.94. The largest absolute Gasteiger partial charge is 0.478 e. The molecule has 0 saturated carbocycles. The summed E-state index contributed by atoms with van der Waals surface area (Å²) < 4.78 is 0. The molecule has 9 heteroatoms. The molecular formula is C19H19N3O6. The Morgan fingerprint density at radius 2 is 1.86 bits per heavy atom. The van der Waals surface area contributed by atoms with Gasteiger partial charge in [0.1, 0.15) is 11.8 Å². The first-order valence-electron chi connectivity index (χ1n) is 8.52. The van der Waals surface area contributed by atoms with Crippen molar-refractivity contribution in [1.82, 2.24) is 4.90 Å². The lowest BCUT2D eigenvalue weighted by Gasteiger charge is -2.43. The average Bonchev–Trinajstić information content (AvgIpc) is 2.65. The molecule has 0 saturated heterocycles. The van der Waals surface area contributed by atoms with Crippen LogP contribution in [0.4, 0.5) is 5.69 Å². The molecule has 0 spiro atoms. The zero-order chi connectivity index (χ0) is 21.2. The Balaban J connectivity index is 3.07. The number of nitriles is 1. The molecule has 28 heavy (non-hydrogen) atoms. The maximum atomic E-state index is 12.2. The van der Waals surface area contributed by atoms with Gasteiger partial charge in [0.15, 0.2) is 0 Å². The second-order valence-electron chi connectivity index (χ2n) is 6.22. The predicted molar refractivity (Wildman–Crippen MR) is 98.1 cm³/mol. The zero-order valence-corrected chi connectivity index (χ0v) is 15.6. The normalized spacial score (nSPS) is 19.4. The van der Waals surface area contributed by atoms with Crippen molar-refractivity contribution >= 4 is 17.6 Å². The highest BCUT2D eigenvalue weighted by Crippen LogP contribution is 2.49. The molecule has 9 nitrogen and oxygen atoms in total. The molecule has 2 rings (SSSR count). The van der Waals surface area contributed by atoms with Crippen molar-refractivity contribution in [2.24, 2.45) is 0 Å². The highest BCUT2D eigenvalue weighted by atomic mass is 16.6. The Morgan fingerprint density at radius 3 is 2.29 bits per heavy atom. The van der Waals surface area contributed by atoms with Crippen molar-refractivity contribution < 1.29 is 24.7 Å². The van der Waals surface area contributed by atoms with E-state index in [-0.39, 0.29) is 41.2 Å². The third kappa shape index (κ3) is 2.89. The maximum Gasteiger partial charge on any atom is 0.335 e. The van der Waals surface area contributed by atoms with Crippen LogP contribution in [0.3, 0.4) is 0 Å². The quantitative estimate of drug-likeness (QED) is 0.561. The lowest BCUT2D eigenvalue weighted by Crippen LogP contribution is -2.45. The van der Waals surface area contributed by atoms with Crippen LogP contribution in [0.25, 0.3) is 0 Å². The van der Waals surface area contributed by atoms with Crippen LogP contribution >= 0.6 is 0 Å². The third-order valence-electron chi connectivity index (χ3n) is 5.06. The summed E-state index contributed by atoms with van der Waals surface area (Å²) in [6, 6.07) is 7.11. The molecule has 1 heterocycles. The van der Waals surface area contributed by atoms with Crippen molar-refractivity contribution in [2.75, 3.05) is 6.54 Å². The standard InChI is InChI=1S/C19H19N3O6/c1-4-19(12-7-6-8-13(9-12)22(27)28)15(17(23)24)11(3)21(5-2)14(10-20)16(19)18(25)26/h6-9H,4-5H2,1-3H3,(H,23,24)(H,25,26). The summed E-state index contributed by atoms with van der Waals surface area (Å²) in [7, 11) is 0. The van der Waals surface area contributed by atoms with Gasteiger partial charge in [-0.05, 0) is 25.8 Å².